The summed E-state index contributed by atoms with van der Waals surface area (Å²) in [6.07, 6.45) is -0.805. The zero-order valence-corrected chi connectivity index (χ0v) is 18.3. The number of nitrogens with zero attached hydrogens (tertiary/aromatic N) is 1. The first-order chi connectivity index (χ1) is 15.0. The maximum Gasteiger partial charge on any atom is 0.418 e. The second-order valence-corrected chi connectivity index (χ2v) is 9.53. The molecular weight excluding hydrogens is 445 g/mol. The Bertz CT molecular complexity index is 1110. The van der Waals surface area contributed by atoms with Gasteiger partial charge in [0.1, 0.15) is 11.3 Å². The highest BCUT2D eigenvalue weighted by atomic mass is 32.2. The molecule has 1 aliphatic carbocycles. The highest BCUT2D eigenvalue weighted by molar-refractivity contribution is 7.93. The second-order valence-electron chi connectivity index (χ2n) is 7.60. The van der Waals surface area contributed by atoms with Crippen LogP contribution < -0.4 is 10.1 Å². The number of halogens is 3. The van der Waals surface area contributed by atoms with E-state index in [0.29, 0.717) is 5.75 Å². The first-order valence-corrected chi connectivity index (χ1v) is 12.0. The number of rotatable bonds is 8. The molecule has 172 valence electrons. The molecule has 0 spiro atoms. The summed E-state index contributed by atoms with van der Waals surface area (Å²) >= 11 is 0. The Labute approximate surface area is 184 Å². The molecule has 1 aromatic heterocycles. The Morgan fingerprint density at radius 2 is 1.94 bits per heavy atom. The predicted octanol–water partition coefficient (Wildman–Crippen LogP) is 4.52. The van der Waals surface area contributed by atoms with E-state index in [4.69, 9.17) is 4.74 Å². The van der Waals surface area contributed by atoms with E-state index in [2.05, 4.69) is 10.3 Å². The molecule has 0 bridgehead atoms. The molecule has 3 rings (SSSR count). The molecule has 0 aliphatic heterocycles. The van der Waals surface area contributed by atoms with Crippen molar-refractivity contribution in [2.45, 2.75) is 38.4 Å². The van der Waals surface area contributed by atoms with E-state index in [-0.39, 0.29) is 29.5 Å². The molecule has 2 aromatic rings. The maximum atomic E-state index is 13.6. The molecule has 1 aliphatic rings. The average Bonchev–Trinajstić information content (AvgIpc) is 3.55. The van der Waals surface area contributed by atoms with Gasteiger partial charge in [0.2, 0.25) is 5.88 Å². The third kappa shape index (κ3) is 6.32. The molecule has 1 N–H and O–H groups in total. The SMILES string of the molecule is CCc1nc(Oc2ccccc2)c(C(=O)N[C@H](/C=C/S(C)(=O)=O)C2CC2)cc1C(F)(F)F. The number of ether oxygens (including phenoxy) is 1. The number of nitrogens with one attached hydrogen (secondary N) is 1. The Balaban J connectivity index is 2.01. The number of aromatic nitrogens is 1. The summed E-state index contributed by atoms with van der Waals surface area (Å²) in [5.41, 5.74) is -1.63. The third-order valence-electron chi connectivity index (χ3n) is 4.87. The monoisotopic (exact) mass is 468 g/mol. The van der Waals surface area contributed by atoms with E-state index in [0.717, 1.165) is 30.6 Å². The first-order valence-electron chi connectivity index (χ1n) is 10.0. The van der Waals surface area contributed by atoms with E-state index in [1.165, 1.54) is 13.0 Å². The van der Waals surface area contributed by atoms with Crippen LogP contribution in [-0.2, 0) is 22.4 Å². The number of carbonyl (C=O) groups excluding carboxylic acids is 1. The van der Waals surface area contributed by atoms with Crippen LogP contribution in [0.25, 0.3) is 0 Å². The van der Waals surface area contributed by atoms with Crippen molar-refractivity contribution < 1.29 is 31.1 Å². The van der Waals surface area contributed by atoms with Crippen LogP contribution in [0.1, 0.15) is 41.4 Å². The van der Waals surface area contributed by atoms with Gasteiger partial charge < -0.3 is 10.1 Å². The van der Waals surface area contributed by atoms with E-state index < -0.39 is 33.5 Å². The van der Waals surface area contributed by atoms with Crippen molar-refractivity contribution in [3.05, 3.63) is 64.7 Å². The normalized spacial score (nSPS) is 15.5. The standard InChI is InChI=1S/C22H23F3N2O4S/c1-3-18-17(22(23,24)25)13-16(21(27-18)31-15-7-5-4-6-8-15)20(28)26-19(14-9-10-14)11-12-32(2,29)30/h4-8,11-14,19H,3,9-10H2,1-2H3,(H,26,28)/b12-11+/t19-/m1/s1. The maximum absolute atomic E-state index is 13.6. The molecule has 1 heterocycles. The minimum Gasteiger partial charge on any atom is -0.438 e. The average molecular weight is 468 g/mol. The van der Waals surface area contributed by atoms with E-state index in [1.54, 1.807) is 30.3 Å². The molecule has 1 fully saturated rings. The molecule has 10 heteroatoms. The van der Waals surface area contributed by atoms with Gasteiger partial charge in [-0.1, -0.05) is 31.2 Å². The van der Waals surface area contributed by atoms with Gasteiger partial charge in [0.25, 0.3) is 5.91 Å². The number of alkyl halides is 3. The van der Waals surface area contributed by atoms with Crippen molar-refractivity contribution in [1.29, 1.82) is 0 Å². The Hall–Kier alpha value is -2.88. The van der Waals surface area contributed by atoms with Gasteiger partial charge in [-0.2, -0.15) is 13.2 Å². The lowest BCUT2D eigenvalue weighted by molar-refractivity contribution is -0.138. The number of aryl methyl sites for hydroxylation is 1. The zero-order chi connectivity index (χ0) is 23.5. The van der Waals surface area contributed by atoms with Crippen LogP contribution >= 0.6 is 0 Å². The first kappa shape index (κ1) is 23.8. The van der Waals surface area contributed by atoms with Crippen LogP contribution in [0.15, 0.2) is 47.9 Å². The van der Waals surface area contributed by atoms with Crippen molar-refractivity contribution in [1.82, 2.24) is 10.3 Å². The van der Waals surface area contributed by atoms with Crippen LogP contribution in [0.5, 0.6) is 11.6 Å². The van der Waals surface area contributed by atoms with Gasteiger partial charge in [0.05, 0.1) is 17.3 Å². The zero-order valence-electron chi connectivity index (χ0n) is 17.5. The molecule has 0 unspecified atom stereocenters. The number of amides is 1. The third-order valence-corrected chi connectivity index (χ3v) is 5.52. The fourth-order valence-corrected chi connectivity index (χ4v) is 3.58. The molecule has 32 heavy (non-hydrogen) atoms. The lowest BCUT2D eigenvalue weighted by Gasteiger charge is -2.19. The summed E-state index contributed by atoms with van der Waals surface area (Å²) in [6, 6.07) is 8.39. The Morgan fingerprint density at radius 3 is 2.47 bits per heavy atom. The van der Waals surface area contributed by atoms with Gasteiger partial charge in [0, 0.05) is 11.7 Å². The van der Waals surface area contributed by atoms with Crippen molar-refractivity contribution >= 4 is 15.7 Å². The number of benzene rings is 1. The number of carbonyl (C=O) groups is 1. The summed E-state index contributed by atoms with van der Waals surface area (Å²) < 4.78 is 69.4. The minimum atomic E-state index is -4.70. The van der Waals surface area contributed by atoms with Gasteiger partial charge in [-0.3, -0.25) is 4.79 Å². The number of para-hydroxylation sites is 1. The molecule has 1 aromatic carbocycles. The van der Waals surface area contributed by atoms with E-state index in [9.17, 15) is 26.4 Å². The van der Waals surface area contributed by atoms with Crippen molar-refractivity contribution in [2.75, 3.05) is 6.26 Å². The van der Waals surface area contributed by atoms with Gasteiger partial charge in [-0.25, -0.2) is 13.4 Å². The fourth-order valence-electron chi connectivity index (χ4n) is 3.12. The fraction of sp³-hybridized carbons (Fsp3) is 0.364. The van der Waals surface area contributed by atoms with E-state index in [1.807, 2.05) is 0 Å². The number of hydrogen-bond acceptors (Lipinski definition) is 5. The van der Waals surface area contributed by atoms with Crippen LogP contribution in [0, 0.1) is 5.92 Å². The lowest BCUT2D eigenvalue weighted by atomic mass is 10.1. The van der Waals surface area contributed by atoms with Crippen molar-refractivity contribution in [2.24, 2.45) is 5.92 Å². The summed E-state index contributed by atoms with van der Waals surface area (Å²) in [6.45, 7) is 1.53. The van der Waals surface area contributed by atoms with Crippen LogP contribution in [0.4, 0.5) is 13.2 Å². The quantitative estimate of drug-likeness (QED) is 0.616. The minimum absolute atomic E-state index is 0.0102. The van der Waals surface area contributed by atoms with Crippen molar-refractivity contribution in [3.63, 3.8) is 0 Å². The van der Waals surface area contributed by atoms with E-state index >= 15 is 0 Å². The molecule has 0 saturated heterocycles. The smallest absolute Gasteiger partial charge is 0.418 e. The summed E-state index contributed by atoms with van der Waals surface area (Å²) in [5.74, 6) is -0.751. The van der Waals surface area contributed by atoms with Crippen LogP contribution in [0.2, 0.25) is 0 Å². The summed E-state index contributed by atoms with van der Waals surface area (Å²) in [5, 5.41) is 3.62. The second kappa shape index (κ2) is 9.32. The highest BCUT2D eigenvalue weighted by Crippen LogP contribution is 2.37. The lowest BCUT2D eigenvalue weighted by Crippen LogP contribution is -2.35. The summed E-state index contributed by atoms with van der Waals surface area (Å²) in [7, 11) is -3.43. The van der Waals surface area contributed by atoms with Gasteiger partial charge in [-0.15, -0.1) is 0 Å². The largest absolute Gasteiger partial charge is 0.438 e. The molecule has 1 saturated carbocycles. The van der Waals surface area contributed by atoms with Gasteiger partial charge >= 0.3 is 6.18 Å². The highest BCUT2D eigenvalue weighted by Gasteiger charge is 2.37. The predicted molar refractivity (Wildman–Crippen MR) is 113 cm³/mol. The molecule has 1 atom stereocenters. The van der Waals surface area contributed by atoms with Crippen LogP contribution in [-0.4, -0.2) is 31.6 Å². The Morgan fingerprint density at radius 1 is 1.28 bits per heavy atom. The van der Waals surface area contributed by atoms with Gasteiger partial charge in [0.15, 0.2) is 9.84 Å². The van der Waals surface area contributed by atoms with Gasteiger partial charge in [-0.05, 0) is 43.4 Å². The molecule has 0 radical (unpaired) electrons. The number of hydrogen-bond donors (Lipinski definition) is 1. The Kier molecular flexibility index (Phi) is 6.92. The van der Waals surface area contributed by atoms with Crippen LogP contribution in [0.3, 0.4) is 0 Å². The molecular formula is C22H23F3N2O4S. The number of sulfone groups is 1. The molecule has 6 nitrogen and oxygen atoms in total. The van der Waals surface area contributed by atoms with Crippen molar-refractivity contribution in [3.8, 4) is 11.6 Å². The topological polar surface area (TPSA) is 85.4 Å². The summed E-state index contributed by atoms with van der Waals surface area (Å²) in [4.78, 5) is 17.0. The number of pyridine rings is 1. The molecule has 1 amide bonds.